The molecule has 0 aromatic heterocycles. The van der Waals surface area contributed by atoms with E-state index in [1.54, 1.807) is 6.92 Å². The minimum atomic E-state index is -3.45. The van der Waals surface area contributed by atoms with Gasteiger partial charge in [-0.1, -0.05) is 24.3 Å². The Morgan fingerprint density at radius 2 is 2.00 bits per heavy atom. The van der Waals surface area contributed by atoms with Gasteiger partial charge in [-0.3, -0.25) is 0 Å². The topological polar surface area (TPSA) is 81.7 Å². The van der Waals surface area contributed by atoms with Gasteiger partial charge in [0.2, 0.25) is 0 Å². The summed E-state index contributed by atoms with van der Waals surface area (Å²) in [7, 11) is -3.45. The number of benzene rings is 1. The number of hydrogen-bond donors (Lipinski definition) is 3. The van der Waals surface area contributed by atoms with Gasteiger partial charge in [0.1, 0.15) is 0 Å². The summed E-state index contributed by atoms with van der Waals surface area (Å²) in [4.78, 5) is 0. The number of aliphatic hydroxyl groups is 1. The molecule has 0 aliphatic carbocycles. The van der Waals surface area contributed by atoms with Crippen molar-refractivity contribution in [2.75, 3.05) is 26.2 Å². The molecule has 1 aromatic rings. The van der Waals surface area contributed by atoms with E-state index in [1.165, 1.54) is 9.87 Å². The van der Waals surface area contributed by atoms with Gasteiger partial charge in [-0.05, 0) is 24.5 Å². The lowest BCUT2D eigenvalue weighted by Crippen LogP contribution is -2.45. The van der Waals surface area contributed by atoms with E-state index < -0.39 is 16.3 Å². The fourth-order valence-corrected chi connectivity index (χ4v) is 3.53. The molecule has 1 unspecified atom stereocenters. The van der Waals surface area contributed by atoms with Crippen molar-refractivity contribution in [3.8, 4) is 0 Å². The Morgan fingerprint density at radius 1 is 1.29 bits per heavy atom. The van der Waals surface area contributed by atoms with Gasteiger partial charge in [0.05, 0.1) is 6.10 Å². The van der Waals surface area contributed by atoms with Crippen LogP contribution in [0.25, 0.3) is 0 Å². The monoisotopic (exact) mass is 313 g/mol. The van der Waals surface area contributed by atoms with Gasteiger partial charge in [-0.2, -0.15) is 12.7 Å². The van der Waals surface area contributed by atoms with Crippen LogP contribution in [0.3, 0.4) is 0 Å². The Hall–Kier alpha value is -0.990. The van der Waals surface area contributed by atoms with Gasteiger partial charge in [0, 0.05) is 32.7 Å². The molecule has 1 heterocycles. The average molecular weight is 313 g/mol. The molecular weight excluding hydrogens is 290 g/mol. The molecule has 1 aromatic carbocycles. The summed E-state index contributed by atoms with van der Waals surface area (Å²) in [5, 5.41) is 12.1. The highest BCUT2D eigenvalue weighted by Crippen LogP contribution is 2.19. The van der Waals surface area contributed by atoms with Crippen LogP contribution in [0.15, 0.2) is 24.3 Å². The molecule has 21 heavy (non-hydrogen) atoms. The predicted molar refractivity (Wildman–Crippen MR) is 82.0 cm³/mol. The van der Waals surface area contributed by atoms with Crippen molar-refractivity contribution < 1.29 is 13.5 Å². The zero-order valence-electron chi connectivity index (χ0n) is 12.2. The average Bonchev–Trinajstić information content (AvgIpc) is 2.46. The van der Waals surface area contributed by atoms with Crippen LogP contribution in [0.4, 0.5) is 0 Å². The van der Waals surface area contributed by atoms with Crippen molar-refractivity contribution in [3.05, 3.63) is 35.4 Å². The first-order chi connectivity index (χ1) is 9.99. The molecule has 3 N–H and O–H groups in total. The Bertz CT molecular complexity index is 560. The van der Waals surface area contributed by atoms with Gasteiger partial charge >= 0.3 is 0 Å². The maximum Gasteiger partial charge on any atom is 0.279 e. The summed E-state index contributed by atoms with van der Waals surface area (Å²) in [5.41, 5.74) is 2.30. The lowest BCUT2D eigenvalue weighted by Gasteiger charge is -2.28. The lowest BCUT2D eigenvalue weighted by atomic mass is 10.0. The summed E-state index contributed by atoms with van der Waals surface area (Å²) in [6.45, 7) is 3.88. The summed E-state index contributed by atoms with van der Waals surface area (Å²) in [5.74, 6) is 0. The van der Waals surface area contributed by atoms with Crippen LogP contribution in [0.2, 0.25) is 0 Å². The molecular formula is C14H23N3O3S. The lowest BCUT2D eigenvalue weighted by molar-refractivity contribution is 0.192. The van der Waals surface area contributed by atoms with Crippen molar-refractivity contribution in [1.82, 2.24) is 14.3 Å². The van der Waals surface area contributed by atoms with Crippen LogP contribution in [0.1, 0.15) is 18.1 Å². The summed E-state index contributed by atoms with van der Waals surface area (Å²) in [6.07, 6.45) is 0.317. The molecule has 1 aliphatic rings. The van der Waals surface area contributed by atoms with Crippen LogP contribution in [-0.2, 0) is 23.2 Å². The summed E-state index contributed by atoms with van der Waals surface area (Å²) in [6, 6.07) is 7.94. The minimum Gasteiger partial charge on any atom is -0.392 e. The van der Waals surface area contributed by atoms with Crippen LogP contribution in [-0.4, -0.2) is 50.1 Å². The van der Waals surface area contributed by atoms with E-state index in [1.807, 2.05) is 24.3 Å². The fourth-order valence-electron chi connectivity index (χ4n) is 2.35. The molecule has 0 spiro atoms. The van der Waals surface area contributed by atoms with Crippen molar-refractivity contribution >= 4 is 10.2 Å². The number of hydrogen-bond acceptors (Lipinski definition) is 4. The summed E-state index contributed by atoms with van der Waals surface area (Å²) < 4.78 is 28.5. The maximum absolute atomic E-state index is 12.2. The van der Waals surface area contributed by atoms with Gasteiger partial charge in [0.15, 0.2) is 0 Å². The minimum absolute atomic E-state index is 0.313. The van der Waals surface area contributed by atoms with Crippen molar-refractivity contribution in [2.45, 2.75) is 26.0 Å². The molecule has 0 fully saturated rings. The van der Waals surface area contributed by atoms with Gasteiger partial charge in [0.25, 0.3) is 10.2 Å². The normalized spacial score (nSPS) is 17.4. The fraction of sp³-hybridized carbons (Fsp3) is 0.571. The zero-order chi connectivity index (χ0) is 15.3. The Morgan fingerprint density at radius 3 is 2.71 bits per heavy atom. The van der Waals surface area contributed by atoms with E-state index in [2.05, 4.69) is 10.0 Å². The highest BCUT2D eigenvalue weighted by atomic mass is 32.2. The Kier molecular flexibility index (Phi) is 5.72. The van der Waals surface area contributed by atoms with Crippen molar-refractivity contribution in [1.29, 1.82) is 0 Å². The molecule has 0 saturated heterocycles. The van der Waals surface area contributed by atoms with Crippen LogP contribution >= 0.6 is 0 Å². The Labute approximate surface area is 126 Å². The third kappa shape index (κ3) is 4.76. The molecule has 1 atom stereocenters. The number of fused-ring (bicyclic) bond motifs is 1. The molecule has 118 valence electrons. The van der Waals surface area contributed by atoms with E-state index in [-0.39, 0.29) is 0 Å². The molecule has 6 nitrogen and oxygen atoms in total. The van der Waals surface area contributed by atoms with E-state index in [4.69, 9.17) is 5.11 Å². The number of nitrogens with one attached hydrogen (secondary N) is 2. The first kappa shape index (κ1) is 16.4. The van der Waals surface area contributed by atoms with E-state index in [0.29, 0.717) is 32.7 Å². The zero-order valence-corrected chi connectivity index (χ0v) is 13.1. The molecule has 0 amide bonds. The SMILES string of the molecule is CC(O)CNCCNS(=O)(=O)N1CCc2ccccc2C1. The molecule has 0 radical (unpaired) electrons. The van der Waals surface area contributed by atoms with Crippen LogP contribution in [0.5, 0.6) is 0 Å². The van der Waals surface area contributed by atoms with E-state index in [0.717, 1.165) is 12.0 Å². The van der Waals surface area contributed by atoms with Crippen LogP contribution < -0.4 is 10.0 Å². The standard InChI is InChI=1S/C14H23N3O3S/c1-12(18)10-15-7-8-16-21(19,20)17-9-6-13-4-2-3-5-14(13)11-17/h2-5,12,15-16,18H,6-11H2,1H3. The van der Waals surface area contributed by atoms with Gasteiger partial charge in [-0.15, -0.1) is 0 Å². The third-order valence-corrected chi connectivity index (χ3v) is 5.02. The number of nitrogens with zero attached hydrogens (tertiary/aromatic N) is 1. The maximum atomic E-state index is 12.2. The highest BCUT2D eigenvalue weighted by Gasteiger charge is 2.25. The highest BCUT2D eigenvalue weighted by molar-refractivity contribution is 7.87. The third-order valence-electron chi connectivity index (χ3n) is 3.46. The second-order valence-corrected chi connectivity index (χ2v) is 7.06. The van der Waals surface area contributed by atoms with E-state index >= 15 is 0 Å². The van der Waals surface area contributed by atoms with Crippen molar-refractivity contribution in [3.63, 3.8) is 0 Å². The quantitative estimate of drug-likeness (QED) is 0.612. The molecule has 1 aliphatic heterocycles. The Balaban J connectivity index is 1.84. The van der Waals surface area contributed by atoms with E-state index in [9.17, 15) is 8.42 Å². The van der Waals surface area contributed by atoms with Gasteiger partial charge in [-0.25, -0.2) is 4.72 Å². The predicted octanol–water partition coefficient (Wildman–Crippen LogP) is -0.150. The first-order valence-electron chi connectivity index (χ1n) is 7.19. The smallest absolute Gasteiger partial charge is 0.279 e. The largest absolute Gasteiger partial charge is 0.392 e. The number of aliphatic hydroxyl groups excluding tert-OH is 1. The second kappa shape index (κ2) is 7.33. The first-order valence-corrected chi connectivity index (χ1v) is 8.63. The van der Waals surface area contributed by atoms with Crippen molar-refractivity contribution in [2.24, 2.45) is 0 Å². The molecule has 7 heteroatoms. The van der Waals surface area contributed by atoms with Crippen LogP contribution in [0, 0.1) is 0 Å². The molecule has 2 rings (SSSR count). The second-order valence-electron chi connectivity index (χ2n) is 5.30. The number of rotatable bonds is 7. The molecule has 0 saturated carbocycles. The molecule has 0 bridgehead atoms. The van der Waals surface area contributed by atoms with Gasteiger partial charge < -0.3 is 10.4 Å². The summed E-state index contributed by atoms with van der Waals surface area (Å²) >= 11 is 0.